The zero-order valence-corrected chi connectivity index (χ0v) is 12.5. The molecule has 1 aliphatic heterocycles. The Labute approximate surface area is 129 Å². The molecule has 0 atom stereocenters. The van der Waals surface area contributed by atoms with Gasteiger partial charge in [0, 0.05) is 18.3 Å². The van der Waals surface area contributed by atoms with Crippen molar-refractivity contribution >= 4 is 5.78 Å². The standard InChI is InChI=1S/C18H17NO3/c1-12-2-4-14(19-10-12)9-17(20)18(6-7-18)13-3-5-15-16(8-13)22-11-21-15/h2-5,8,10H,6-7,9,11H2,1H3. The Morgan fingerprint density at radius 3 is 2.73 bits per heavy atom. The van der Waals surface area contributed by atoms with Gasteiger partial charge in [-0.1, -0.05) is 12.1 Å². The van der Waals surface area contributed by atoms with Gasteiger partial charge in [-0.3, -0.25) is 9.78 Å². The molecule has 0 saturated heterocycles. The van der Waals surface area contributed by atoms with Gasteiger partial charge < -0.3 is 9.47 Å². The Morgan fingerprint density at radius 1 is 1.18 bits per heavy atom. The van der Waals surface area contributed by atoms with E-state index in [9.17, 15) is 4.79 Å². The van der Waals surface area contributed by atoms with Crippen molar-refractivity contribution in [3.63, 3.8) is 0 Å². The summed E-state index contributed by atoms with van der Waals surface area (Å²) in [5.41, 5.74) is 2.62. The Hall–Kier alpha value is -2.36. The van der Waals surface area contributed by atoms with Gasteiger partial charge in [-0.25, -0.2) is 0 Å². The largest absolute Gasteiger partial charge is 0.454 e. The van der Waals surface area contributed by atoms with Crippen molar-refractivity contribution in [3.05, 3.63) is 53.3 Å². The number of nitrogens with zero attached hydrogens (tertiary/aromatic N) is 1. The molecule has 0 N–H and O–H groups in total. The highest BCUT2D eigenvalue weighted by Crippen LogP contribution is 2.51. The molecule has 2 aliphatic rings. The molecule has 1 fully saturated rings. The zero-order chi connectivity index (χ0) is 15.2. The van der Waals surface area contributed by atoms with Gasteiger partial charge in [-0.2, -0.15) is 0 Å². The lowest BCUT2D eigenvalue weighted by molar-refractivity contribution is -0.120. The third-order valence-electron chi connectivity index (χ3n) is 4.52. The van der Waals surface area contributed by atoms with Crippen molar-refractivity contribution < 1.29 is 14.3 Å². The summed E-state index contributed by atoms with van der Waals surface area (Å²) in [7, 11) is 0. The van der Waals surface area contributed by atoms with E-state index in [0.29, 0.717) is 6.42 Å². The molecule has 0 unspecified atom stereocenters. The van der Waals surface area contributed by atoms with Gasteiger partial charge in [0.1, 0.15) is 5.78 Å². The molecule has 0 amide bonds. The van der Waals surface area contributed by atoms with Crippen molar-refractivity contribution in [1.29, 1.82) is 0 Å². The minimum absolute atomic E-state index is 0.239. The second kappa shape index (κ2) is 4.83. The monoisotopic (exact) mass is 295 g/mol. The van der Waals surface area contributed by atoms with Crippen LogP contribution in [0.4, 0.5) is 0 Å². The van der Waals surface area contributed by atoms with Crippen LogP contribution in [0, 0.1) is 6.92 Å². The summed E-state index contributed by atoms with van der Waals surface area (Å²) in [5, 5.41) is 0. The van der Waals surface area contributed by atoms with Crippen LogP contribution in [-0.2, 0) is 16.6 Å². The van der Waals surface area contributed by atoms with Gasteiger partial charge in [0.15, 0.2) is 11.5 Å². The number of ketones is 1. The lowest BCUT2D eigenvalue weighted by Crippen LogP contribution is -2.22. The normalized spacial score (nSPS) is 17.3. The van der Waals surface area contributed by atoms with Crippen LogP contribution in [0.3, 0.4) is 0 Å². The number of Topliss-reactive ketones (excluding diaryl/α,β-unsaturated/α-hetero) is 1. The number of aromatic nitrogens is 1. The molecular weight excluding hydrogens is 278 g/mol. The van der Waals surface area contributed by atoms with Crippen LogP contribution in [0.1, 0.15) is 29.7 Å². The Morgan fingerprint density at radius 2 is 2.00 bits per heavy atom. The zero-order valence-electron chi connectivity index (χ0n) is 12.5. The molecular formula is C18H17NO3. The number of hydrogen-bond acceptors (Lipinski definition) is 4. The highest BCUT2D eigenvalue weighted by atomic mass is 16.7. The van der Waals surface area contributed by atoms with Gasteiger partial charge in [0.25, 0.3) is 0 Å². The van der Waals surface area contributed by atoms with E-state index in [2.05, 4.69) is 4.98 Å². The topological polar surface area (TPSA) is 48.4 Å². The van der Waals surface area contributed by atoms with E-state index in [1.807, 2.05) is 43.5 Å². The van der Waals surface area contributed by atoms with Crippen molar-refractivity contribution in [2.75, 3.05) is 6.79 Å². The van der Waals surface area contributed by atoms with E-state index in [-0.39, 0.29) is 18.0 Å². The van der Waals surface area contributed by atoms with E-state index < -0.39 is 0 Å². The fourth-order valence-corrected chi connectivity index (χ4v) is 2.98. The average molecular weight is 295 g/mol. The molecule has 1 saturated carbocycles. The molecule has 22 heavy (non-hydrogen) atoms. The summed E-state index contributed by atoms with van der Waals surface area (Å²) in [4.78, 5) is 17.1. The van der Waals surface area contributed by atoms with Gasteiger partial charge >= 0.3 is 0 Å². The maximum absolute atomic E-state index is 12.8. The lowest BCUT2D eigenvalue weighted by atomic mass is 9.88. The molecule has 2 heterocycles. The van der Waals surface area contributed by atoms with Gasteiger partial charge in [-0.15, -0.1) is 0 Å². The molecule has 2 aromatic rings. The third-order valence-corrected chi connectivity index (χ3v) is 4.52. The van der Waals surface area contributed by atoms with Crippen LogP contribution in [0.25, 0.3) is 0 Å². The minimum Gasteiger partial charge on any atom is -0.454 e. The summed E-state index contributed by atoms with van der Waals surface area (Å²) < 4.78 is 10.8. The fraction of sp³-hybridized carbons (Fsp3) is 0.333. The second-order valence-corrected chi connectivity index (χ2v) is 6.08. The summed E-state index contributed by atoms with van der Waals surface area (Å²) in [6, 6.07) is 9.77. The number of carbonyl (C=O) groups is 1. The van der Waals surface area contributed by atoms with E-state index in [1.54, 1.807) is 0 Å². The van der Waals surface area contributed by atoms with Crippen LogP contribution in [0.15, 0.2) is 36.5 Å². The number of benzene rings is 1. The molecule has 1 aliphatic carbocycles. The molecule has 112 valence electrons. The molecule has 1 aromatic carbocycles. The van der Waals surface area contributed by atoms with Crippen molar-refractivity contribution in [1.82, 2.24) is 4.98 Å². The Bertz CT molecular complexity index is 732. The van der Waals surface area contributed by atoms with Crippen LogP contribution in [0.5, 0.6) is 11.5 Å². The number of hydrogen-bond donors (Lipinski definition) is 0. The maximum atomic E-state index is 12.8. The molecule has 4 heteroatoms. The predicted molar refractivity (Wildman–Crippen MR) is 81.2 cm³/mol. The Balaban J connectivity index is 1.58. The molecule has 0 bridgehead atoms. The number of pyridine rings is 1. The molecule has 4 nitrogen and oxygen atoms in total. The first-order chi connectivity index (χ1) is 10.7. The van der Waals surface area contributed by atoms with Crippen molar-refractivity contribution in [2.45, 2.75) is 31.6 Å². The average Bonchev–Trinajstić information content (AvgIpc) is 3.21. The van der Waals surface area contributed by atoms with E-state index in [1.165, 1.54) is 0 Å². The maximum Gasteiger partial charge on any atom is 0.231 e. The SMILES string of the molecule is Cc1ccc(CC(=O)C2(c3ccc4c(c3)OCO4)CC2)nc1. The van der Waals surface area contributed by atoms with Crippen LogP contribution < -0.4 is 9.47 Å². The molecule has 1 aromatic heterocycles. The number of aryl methyl sites for hydroxylation is 1. The molecule has 4 rings (SSSR count). The van der Waals surface area contributed by atoms with Gasteiger partial charge in [0.2, 0.25) is 6.79 Å². The smallest absolute Gasteiger partial charge is 0.231 e. The summed E-state index contributed by atoms with van der Waals surface area (Å²) in [5.74, 6) is 1.74. The summed E-state index contributed by atoms with van der Waals surface area (Å²) in [6.45, 7) is 2.25. The third kappa shape index (κ3) is 2.15. The number of fused-ring (bicyclic) bond motifs is 1. The first kappa shape index (κ1) is 13.3. The molecule has 0 spiro atoms. The number of carbonyl (C=O) groups excluding carboxylic acids is 1. The van der Waals surface area contributed by atoms with E-state index in [0.717, 1.165) is 41.2 Å². The highest BCUT2D eigenvalue weighted by molar-refractivity contribution is 5.94. The first-order valence-electron chi connectivity index (χ1n) is 7.52. The van der Waals surface area contributed by atoms with E-state index in [4.69, 9.17) is 9.47 Å². The highest BCUT2D eigenvalue weighted by Gasteiger charge is 2.50. The lowest BCUT2D eigenvalue weighted by Gasteiger charge is -2.15. The quantitative estimate of drug-likeness (QED) is 0.870. The Kier molecular flexibility index (Phi) is 2.93. The minimum atomic E-state index is -0.354. The van der Waals surface area contributed by atoms with Crippen molar-refractivity contribution in [3.8, 4) is 11.5 Å². The van der Waals surface area contributed by atoms with Gasteiger partial charge in [-0.05, 0) is 49.1 Å². The molecule has 0 radical (unpaired) electrons. The number of ether oxygens (including phenoxy) is 2. The first-order valence-corrected chi connectivity index (χ1v) is 7.52. The van der Waals surface area contributed by atoms with Crippen molar-refractivity contribution in [2.24, 2.45) is 0 Å². The fourth-order valence-electron chi connectivity index (χ4n) is 2.98. The van der Waals surface area contributed by atoms with Crippen LogP contribution in [-0.4, -0.2) is 17.6 Å². The van der Waals surface area contributed by atoms with Crippen LogP contribution in [0.2, 0.25) is 0 Å². The van der Waals surface area contributed by atoms with Crippen LogP contribution >= 0.6 is 0 Å². The van der Waals surface area contributed by atoms with E-state index >= 15 is 0 Å². The number of rotatable bonds is 4. The van der Waals surface area contributed by atoms with Gasteiger partial charge in [0.05, 0.1) is 5.41 Å². The summed E-state index contributed by atoms with van der Waals surface area (Å²) >= 11 is 0. The second-order valence-electron chi connectivity index (χ2n) is 6.08. The summed E-state index contributed by atoms with van der Waals surface area (Å²) in [6.07, 6.45) is 3.99. The predicted octanol–water partition coefficient (Wildman–Crippen LogP) is 2.96.